The summed E-state index contributed by atoms with van der Waals surface area (Å²) in [6.07, 6.45) is 5.08. The summed E-state index contributed by atoms with van der Waals surface area (Å²) in [4.78, 5) is 4.39. The quantitative estimate of drug-likeness (QED) is 0.827. The molecule has 0 radical (unpaired) electrons. The lowest BCUT2D eigenvalue weighted by Crippen LogP contribution is -2.48. The van der Waals surface area contributed by atoms with Gasteiger partial charge in [-0.05, 0) is 64.3 Å². The van der Waals surface area contributed by atoms with E-state index < -0.39 is 11.4 Å². The first kappa shape index (κ1) is 17.0. The maximum Gasteiger partial charge on any atom is 0.213 e. The van der Waals surface area contributed by atoms with Crippen LogP contribution in [0.1, 0.15) is 50.8 Å². The lowest BCUT2D eigenvalue weighted by Gasteiger charge is -2.40. The Morgan fingerprint density at radius 1 is 1.39 bits per heavy atom. The molecule has 1 aromatic heterocycles. The summed E-state index contributed by atoms with van der Waals surface area (Å²) >= 11 is -1.10. The van der Waals surface area contributed by atoms with Gasteiger partial charge in [-0.1, -0.05) is 0 Å². The van der Waals surface area contributed by atoms with Crippen LogP contribution in [0.5, 0.6) is 5.88 Å². The Labute approximate surface area is 141 Å². The van der Waals surface area contributed by atoms with Gasteiger partial charge < -0.3 is 14.6 Å². The lowest BCUT2D eigenvalue weighted by molar-refractivity contribution is 0.163. The molecule has 0 amide bonds. The summed E-state index contributed by atoms with van der Waals surface area (Å²) in [7, 11) is 1.65. The van der Waals surface area contributed by atoms with Crippen molar-refractivity contribution in [3.05, 3.63) is 23.4 Å². The van der Waals surface area contributed by atoms with Gasteiger partial charge in [-0.25, -0.2) is 4.98 Å². The first-order chi connectivity index (χ1) is 10.9. The molecule has 1 spiro atoms. The van der Waals surface area contributed by atoms with Crippen LogP contribution in [0, 0.1) is 5.41 Å². The highest BCUT2D eigenvalue weighted by Crippen LogP contribution is 2.51. The minimum absolute atomic E-state index is 0.0954. The Balaban J connectivity index is 1.94. The van der Waals surface area contributed by atoms with Crippen molar-refractivity contribution >= 4 is 11.4 Å². The van der Waals surface area contributed by atoms with E-state index in [-0.39, 0.29) is 16.2 Å². The van der Waals surface area contributed by atoms with Crippen molar-refractivity contribution in [2.75, 3.05) is 20.2 Å². The first-order valence-corrected chi connectivity index (χ1v) is 9.42. The lowest BCUT2D eigenvalue weighted by atomic mass is 9.73. The molecule has 2 heterocycles. The number of nitrogens with one attached hydrogen (secondary N) is 2. The second-order valence-electron chi connectivity index (χ2n) is 7.65. The van der Waals surface area contributed by atoms with E-state index in [0.717, 1.165) is 32.4 Å². The van der Waals surface area contributed by atoms with Crippen LogP contribution in [0.4, 0.5) is 0 Å². The van der Waals surface area contributed by atoms with Crippen molar-refractivity contribution in [1.29, 1.82) is 0 Å². The number of ether oxygens (including phenoxy) is 1. The number of piperidine rings is 1. The average Bonchev–Trinajstić information content (AvgIpc) is 2.79. The molecule has 1 aliphatic heterocycles. The van der Waals surface area contributed by atoms with Gasteiger partial charge in [-0.15, -0.1) is 4.72 Å². The van der Waals surface area contributed by atoms with Crippen LogP contribution >= 0.6 is 0 Å². The average molecular weight is 337 g/mol. The highest BCUT2D eigenvalue weighted by Gasteiger charge is 2.49. The number of hydrogen-bond acceptors (Lipinski definition) is 5. The minimum atomic E-state index is -1.10. The Morgan fingerprint density at radius 2 is 2.09 bits per heavy atom. The fourth-order valence-corrected chi connectivity index (χ4v) is 4.63. The predicted molar refractivity (Wildman–Crippen MR) is 92.8 cm³/mol. The molecular weight excluding hydrogens is 310 g/mol. The van der Waals surface area contributed by atoms with Gasteiger partial charge in [0.15, 0.2) is 0 Å². The van der Waals surface area contributed by atoms with Crippen LogP contribution in [0.2, 0.25) is 0 Å². The SMILES string of the molecule is COc1cc2c(cn1)[C@@H](N[S@+]([O-])C(C)(C)C)C1(CCNCC1)C2. The van der Waals surface area contributed by atoms with Crippen LogP contribution < -0.4 is 14.8 Å². The Bertz CT molecular complexity index is 567. The number of nitrogens with zero attached hydrogens (tertiary/aromatic N) is 1. The molecule has 1 saturated heterocycles. The van der Waals surface area contributed by atoms with Crippen molar-refractivity contribution < 1.29 is 9.29 Å². The normalized spacial score (nSPS) is 24.5. The third-order valence-electron chi connectivity index (χ3n) is 5.05. The largest absolute Gasteiger partial charge is 0.598 e. The minimum Gasteiger partial charge on any atom is -0.598 e. The van der Waals surface area contributed by atoms with Crippen molar-refractivity contribution in [3.8, 4) is 5.88 Å². The maximum atomic E-state index is 12.7. The number of rotatable bonds is 3. The number of hydrogen-bond donors (Lipinski definition) is 2. The molecule has 2 aliphatic rings. The van der Waals surface area contributed by atoms with Gasteiger partial charge in [0.25, 0.3) is 0 Å². The van der Waals surface area contributed by atoms with Gasteiger partial charge in [0.05, 0.1) is 13.2 Å². The summed E-state index contributed by atoms with van der Waals surface area (Å²) < 4.78 is 21.2. The second kappa shape index (κ2) is 6.24. The van der Waals surface area contributed by atoms with Crippen molar-refractivity contribution in [2.24, 2.45) is 5.41 Å². The summed E-state index contributed by atoms with van der Waals surface area (Å²) in [6.45, 7) is 8.05. The number of pyridine rings is 1. The van der Waals surface area contributed by atoms with Gasteiger partial charge >= 0.3 is 0 Å². The zero-order valence-electron chi connectivity index (χ0n) is 14.4. The standard InChI is InChI=1S/C17H27N3O2S/c1-16(2,3)23(21)20-15-13-11-19-14(22-4)9-12(13)10-17(15)5-7-18-8-6-17/h9,11,15,18,20H,5-8,10H2,1-4H3/t15-,23-/m1/s1. The topological polar surface area (TPSA) is 69.2 Å². The summed E-state index contributed by atoms with van der Waals surface area (Å²) in [6, 6.07) is 2.14. The van der Waals surface area contributed by atoms with Crippen molar-refractivity contribution in [2.45, 2.75) is 50.8 Å². The molecule has 0 saturated carbocycles. The molecule has 5 nitrogen and oxygen atoms in total. The third kappa shape index (κ3) is 3.22. The van der Waals surface area contributed by atoms with Crippen LogP contribution in [0.25, 0.3) is 0 Å². The summed E-state index contributed by atoms with van der Waals surface area (Å²) in [5, 5.41) is 3.45. The Kier molecular flexibility index (Phi) is 4.62. The fourth-order valence-electron chi connectivity index (χ4n) is 3.68. The monoisotopic (exact) mass is 337 g/mol. The zero-order valence-corrected chi connectivity index (χ0v) is 15.3. The van der Waals surface area contributed by atoms with Crippen LogP contribution in [-0.2, 0) is 17.8 Å². The van der Waals surface area contributed by atoms with Gasteiger partial charge in [0.2, 0.25) is 5.88 Å². The molecular formula is C17H27N3O2S. The summed E-state index contributed by atoms with van der Waals surface area (Å²) in [5.74, 6) is 0.658. The third-order valence-corrected chi connectivity index (χ3v) is 6.62. The molecule has 1 aliphatic carbocycles. The van der Waals surface area contributed by atoms with Crippen LogP contribution in [0.15, 0.2) is 12.3 Å². The Hall–Kier alpha value is -0.820. The van der Waals surface area contributed by atoms with Crippen molar-refractivity contribution in [1.82, 2.24) is 15.0 Å². The second-order valence-corrected chi connectivity index (χ2v) is 9.64. The molecule has 0 unspecified atom stereocenters. The molecule has 2 atom stereocenters. The van der Waals surface area contributed by atoms with Gasteiger partial charge in [0.1, 0.15) is 4.75 Å². The van der Waals surface area contributed by atoms with E-state index in [1.54, 1.807) is 7.11 Å². The molecule has 128 valence electrons. The number of aromatic nitrogens is 1. The molecule has 0 aromatic carbocycles. The van der Waals surface area contributed by atoms with Crippen molar-refractivity contribution in [3.63, 3.8) is 0 Å². The van der Waals surface area contributed by atoms with E-state index in [0.29, 0.717) is 5.88 Å². The first-order valence-electron chi connectivity index (χ1n) is 8.27. The van der Waals surface area contributed by atoms with E-state index in [9.17, 15) is 4.55 Å². The fraction of sp³-hybridized carbons (Fsp3) is 0.706. The smallest absolute Gasteiger partial charge is 0.213 e. The predicted octanol–water partition coefficient (Wildman–Crippen LogP) is 2.11. The van der Waals surface area contributed by atoms with E-state index in [1.807, 2.05) is 33.0 Å². The molecule has 6 heteroatoms. The van der Waals surface area contributed by atoms with Gasteiger partial charge in [-0.3, -0.25) is 0 Å². The van der Waals surface area contributed by atoms with E-state index in [1.165, 1.54) is 11.1 Å². The number of fused-ring (bicyclic) bond motifs is 1. The molecule has 0 bridgehead atoms. The van der Waals surface area contributed by atoms with E-state index >= 15 is 0 Å². The molecule has 3 rings (SSSR count). The molecule has 1 aromatic rings. The number of methoxy groups -OCH3 is 1. The highest BCUT2D eigenvalue weighted by molar-refractivity contribution is 7.90. The zero-order chi connectivity index (χ0) is 16.7. The Morgan fingerprint density at radius 3 is 2.70 bits per heavy atom. The summed E-state index contributed by atoms with van der Waals surface area (Å²) in [5.41, 5.74) is 2.59. The van der Waals surface area contributed by atoms with E-state index in [2.05, 4.69) is 15.0 Å². The van der Waals surface area contributed by atoms with E-state index in [4.69, 9.17) is 4.74 Å². The molecule has 23 heavy (non-hydrogen) atoms. The molecule has 1 fully saturated rings. The highest BCUT2D eigenvalue weighted by atomic mass is 32.2. The molecule has 2 N–H and O–H groups in total. The van der Waals surface area contributed by atoms with Gasteiger partial charge in [-0.2, -0.15) is 0 Å². The van der Waals surface area contributed by atoms with Crippen LogP contribution in [-0.4, -0.2) is 34.5 Å². The van der Waals surface area contributed by atoms with Crippen LogP contribution in [0.3, 0.4) is 0 Å². The van der Waals surface area contributed by atoms with Gasteiger partial charge in [0, 0.05) is 29.0 Å². The maximum absolute atomic E-state index is 12.7.